The smallest absolute Gasteiger partial charge is 0.159 e. The van der Waals surface area contributed by atoms with Gasteiger partial charge in [-0.1, -0.05) is 176 Å². The first-order chi connectivity index (χ1) is 27.3. The van der Waals surface area contributed by atoms with Gasteiger partial charge in [0.25, 0.3) is 0 Å². The molecule has 9 aromatic carbocycles. The number of hydrogen-bond donors (Lipinski definition) is 0. The lowest BCUT2D eigenvalue weighted by molar-refractivity contribution is 0.669. The van der Waals surface area contributed by atoms with Crippen molar-refractivity contribution in [3.63, 3.8) is 0 Å². The molecule has 0 saturated carbocycles. The number of fused-ring (bicyclic) bond motifs is 7. The molecule has 55 heavy (non-hydrogen) atoms. The summed E-state index contributed by atoms with van der Waals surface area (Å²) in [6, 6.07) is 77.0. The van der Waals surface area contributed by atoms with Crippen LogP contribution in [0.2, 0.25) is 0 Å². The van der Waals surface area contributed by atoms with Crippen molar-refractivity contribution in [2.24, 2.45) is 0 Å². The minimum absolute atomic E-state index is 0.519. The molecule has 1 aliphatic carbocycles. The van der Waals surface area contributed by atoms with Crippen LogP contribution in [0.5, 0.6) is 0 Å². The molecule has 1 aromatic heterocycles. The lowest BCUT2D eigenvalue weighted by Gasteiger charge is -2.34. The molecular weight excluding hydrogens is 667 g/mol. The van der Waals surface area contributed by atoms with Crippen LogP contribution in [0.25, 0.3) is 55.0 Å². The fraction of sp³-hybridized carbons (Fsp3) is 0.0189. The third kappa shape index (κ3) is 4.75. The number of hydrogen-bond acceptors (Lipinski definition) is 2. The van der Waals surface area contributed by atoms with E-state index in [2.05, 4.69) is 211 Å². The number of nitrogens with zero attached hydrogens (tertiary/aromatic N) is 1. The van der Waals surface area contributed by atoms with Crippen LogP contribution in [0.1, 0.15) is 22.3 Å². The number of para-hydroxylation sites is 2. The van der Waals surface area contributed by atoms with Gasteiger partial charge in [-0.3, -0.25) is 0 Å². The van der Waals surface area contributed by atoms with E-state index in [9.17, 15) is 0 Å². The first kappa shape index (κ1) is 31.4. The maximum Gasteiger partial charge on any atom is 0.159 e. The Morgan fingerprint density at radius 3 is 1.85 bits per heavy atom. The van der Waals surface area contributed by atoms with Crippen LogP contribution >= 0.6 is 0 Å². The van der Waals surface area contributed by atoms with Crippen molar-refractivity contribution in [3.05, 3.63) is 235 Å². The topological polar surface area (TPSA) is 16.4 Å². The van der Waals surface area contributed by atoms with Crippen molar-refractivity contribution < 1.29 is 4.42 Å². The van der Waals surface area contributed by atoms with Gasteiger partial charge in [0.1, 0.15) is 5.58 Å². The van der Waals surface area contributed by atoms with Crippen LogP contribution in [0, 0.1) is 0 Å². The first-order valence-corrected chi connectivity index (χ1v) is 18.9. The van der Waals surface area contributed by atoms with Gasteiger partial charge in [-0.15, -0.1) is 0 Å². The Kier molecular flexibility index (Phi) is 7.11. The minimum atomic E-state index is -0.519. The monoisotopic (exact) mass is 701 g/mol. The second-order valence-corrected chi connectivity index (χ2v) is 14.4. The largest absolute Gasteiger partial charge is 0.454 e. The minimum Gasteiger partial charge on any atom is -0.454 e. The van der Waals surface area contributed by atoms with Gasteiger partial charge in [0.15, 0.2) is 5.58 Å². The molecule has 0 spiro atoms. The highest BCUT2D eigenvalue weighted by Gasteiger charge is 2.47. The zero-order valence-electron chi connectivity index (χ0n) is 30.1. The molecule has 0 N–H and O–H groups in total. The van der Waals surface area contributed by atoms with E-state index < -0.39 is 5.41 Å². The second kappa shape index (κ2) is 12.5. The Morgan fingerprint density at radius 2 is 1.02 bits per heavy atom. The Hall–Kier alpha value is -7.16. The molecule has 1 aliphatic rings. The standard InChI is InChI=1S/C53H35NO/c1-3-19-40(20-4-1)53(41-21-5-2-6-22-41)46-27-11-9-25-45(46)51-47(53)28-15-29-48(51)54(49-30-14-26-44-43-24-10-12-31-50(43)55-52(44)49)42-23-13-18-38(35-42)39-33-32-36-16-7-8-17-37(36)34-39/h1-35H. The molecule has 2 nitrogen and oxygen atoms in total. The van der Waals surface area contributed by atoms with Gasteiger partial charge >= 0.3 is 0 Å². The van der Waals surface area contributed by atoms with Crippen LogP contribution in [0.4, 0.5) is 17.1 Å². The van der Waals surface area contributed by atoms with Gasteiger partial charge in [-0.2, -0.15) is 0 Å². The van der Waals surface area contributed by atoms with Gasteiger partial charge in [-0.25, -0.2) is 0 Å². The Bertz CT molecular complexity index is 3010. The summed E-state index contributed by atoms with van der Waals surface area (Å²) in [6.07, 6.45) is 0. The van der Waals surface area contributed by atoms with Crippen molar-refractivity contribution in [3.8, 4) is 22.3 Å². The van der Waals surface area contributed by atoms with Crippen LogP contribution < -0.4 is 4.90 Å². The zero-order valence-corrected chi connectivity index (χ0v) is 30.1. The molecule has 11 rings (SSSR count). The van der Waals surface area contributed by atoms with Crippen molar-refractivity contribution in [2.75, 3.05) is 4.90 Å². The van der Waals surface area contributed by atoms with E-state index in [4.69, 9.17) is 4.42 Å². The molecule has 0 radical (unpaired) electrons. The highest BCUT2D eigenvalue weighted by molar-refractivity contribution is 6.11. The van der Waals surface area contributed by atoms with Gasteiger partial charge in [0.05, 0.1) is 16.8 Å². The lowest BCUT2D eigenvalue weighted by atomic mass is 9.68. The average molecular weight is 702 g/mol. The lowest BCUT2D eigenvalue weighted by Crippen LogP contribution is -2.28. The third-order valence-corrected chi connectivity index (χ3v) is 11.5. The summed E-state index contributed by atoms with van der Waals surface area (Å²) in [5, 5.41) is 4.67. The van der Waals surface area contributed by atoms with E-state index in [1.807, 2.05) is 6.07 Å². The normalized spacial score (nSPS) is 12.9. The quantitative estimate of drug-likeness (QED) is 0.172. The summed E-state index contributed by atoms with van der Waals surface area (Å²) in [5.74, 6) is 0. The first-order valence-electron chi connectivity index (χ1n) is 18.9. The summed E-state index contributed by atoms with van der Waals surface area (Å²) in [4.78, 5) is 2.43. The summed E-state index contributed by atoms with van der Waals surface area (Å²) in [5.41, 5.74) is 14.2. The Labute approximate surface area is 320 Å². The predicted molar refractivity (Wildman–Crippen MR) is 229 cm³/mol. The average Bonchev–Trinajstić information content (AvgIpc) is 3.79. The molecule has 0 aliphatic heterocycles. The highest BCUT2D eigenvalue weighted by atomic mass is 16.3. The van der Waals surface area contributed by atoms with E-state index in [1.54, 1.807) is 0 Å². The summed E-state index contributed by atoms with van der Waals surface area (Å²) < 4.78 is 6.80. The van der Waals surface area contributed by atoms with Crippen molar-refractivity contribution in [1.29, 1.82) is 0 Å². The van der Waals surface area contributed by atoms with E-state index >= 15 is 0 Å². The Balaban J connectivity index is 1.22. The number of rotatable bonds is 6. The van der Waals surface area contributed by atoms with E-state index in [-0.39, 0.29) is 0 Å². The highest BCUT2D eigenvalue weighted by Crippen LogP contribution is 2.60. The SMILES string of the molecule is c1ccc(C2(c3ccccc3)c3ccccc3-c3c(N(c4cccc(-c5ccc6ccccc6c5)c4)c4cccc5c4oc4ccccc45)cccc32)cc1. The van der Waals surface area contributed by atoms with Crippen LogP contribution in [-0.2, 0) is 5.41 Å². The second-order valence-electron chi connectivity index (χ2n) is 14.4. The molecular formula is C53H35NO. The summed E-state index contributed by atoms with van der Waals surface area (Å²) >= 11 is 0. The molecule has 0 saturated heterocycles. The third-order valence-electron chi connectivity index (χ3n) is 11.5. The maximum absolute atomic E-state index is 6.80. The van der Waals surface area contributed by atoms with E-state index in [1.165, 1.54) is 49.7 Å². The molecule has 0 fully saturated rings. The summed E-state index contributed by atoms with van der Waals surface area (Å²) in [6.45, 7) is 0. The molecule has 2 heteroatoms. The van der Waals surface area contributed by atoms with Crippen molar-refractivity contribution in [1.82, 2.24) is 0 Å². The number of furan rings is 1. The maximum atomic E-state index is 6.80. The van der Waals surface area contributed by atoms with Gasteiger partial charge < -0.3 is 9.32 Å². The number of benzene rings is 9. The van der Waals surface area contributed by atoms with Crippen LogP contribution in [-0.4, -0.2) is 0 Å². The molecule has 0 bridgehead atoms. The predicted octanol–water partition coefficient (Wildman–Crippen LogP) is 14.2. The van der Waals surface area contributed by atoms with Gasteiger partial charge in [0, 0.05) is 22.0 Å². The van der Waals surface area contributed by atoms with Crippen molar-refractivity contribution >= 4 is 49.8 Å². The van der Waals surface area contributed by atoms with E-state index in [0.717, 1.165) is 44.6 Å². The molecule has 0 atom stereocenters. The zero-order chi connectivity index (χ0) is 36.3. The Morgan fingerprint density at radius 1 is 0.400 bits per heavy atom. The molecule has 258 valence electrons. The van der Waals surface area contributed by atoms with Gasteiger partial charge in [0.2, 0.25) is 0 Å². The number of anilines is 3. The van der Waals surface area contributed by atoms with Crippen molar-refractivity contribution in [2.45, 2.75) is 5.41 Å². The van der Waals surface area contributed by atoms with Crippen LogP contribution in [0.3, 0.4) is 0 Å². The van der Waals surface area contributed by atoms with E-state index in [0.29, 0.717) is 0 Å². The van der Waals surface area contributed by atoms with Crippen LogP contribution in [0.15, 0.2) is 217 Å². The fourth-order valence-corrected chi connectivity index (χ4v) is 9.17. The molecule has 0 unspecified atom stereocenters. The van der Waals surface area contributed by atoms with Gasteiger partial charge in [-0.05, 0) is 86.1 Å². The molecule has 10 aromatic rings. The molecule has 0 amide bonds. The fourth-order valence-electron chi connectivity index (χ4n) is 9.17. The summed E-state index contributed by atoms with van der Waals surface area (Å²) in [7, 11) is 0. The molecule has 1 heterocycles.